The number of hydrogen-bond donors (Lipinski definition) is 1. The summed E-state index contributed by atoms with van der Waals surface area (Å²) in [5.74, 6) is 0.946. The zero-order chi connectivity index (χ0) is 19.2. The standard InChI is InChI=1S/C25H26N2O/c1-20-7-5-10-22(17-20)18-26-14-16-28-25-12-6-11-24-23(25)13-15-27(24)19-21-8-3-2-4-9-21/h2-13,15,17,26H,14,16,18-19H2,1H3. The molecule has 0 aliphatic carbocycles. The van der Waals surface area contributed by atoms with Crippen LogP contribution in [0.3, 0.4) is 0 Å². The molecule has 4 rings (SSSR count). The second-order valence-electron chi connectivity index (χ2n) is 7.13. The molecule has 0 aliphatic rings. The van der Waals surface area contributed by atoms with Gasteiger partial charge in [0.2, 0.25) is 0 Å². The van der Waals surface area contributed by atoms with Crippen molar-refractivity contribution in [1.29, 1.82) is 0 Å². The van der Waals surface area contributed by atoms with Crippen molar-refractivity contribution in [2.45, 2.75) is 20.0 Å². The van der Waals surface area contributed by atoms with Crippen LogP contribution in [0.1, 0.15) is 16.7 Å². The first-order chi connectivity index (χ1) is 13.8. The predicted octanol–water partition coefficient (Wildman–Crippen LogP) is 5.17. The summed E-state index contributed by atoms with van der Waals surface area (Å²) in [7, 11) is 0. The molecule has 0 bridgehead atoms. The van der Waals surface area contributed by atoms with E-state index in [4.69, 9.17) is 4.74 Å². The summed E-state index contributed by atoms with van der Waals surface area (Å²) < 4.78 is 8.34. The first-order valence-corrected chi connectivity index (χ1v) is 9.80. The zero-order valence-corrected chi connectivity index (χ0v) is 16.3. The van der Waals surface area contributed by atoms with Gasteiger partial charge in [-0.3, -0.25) is 0 Å². The second-order valence-corrected chi connectivity index (χ2v) is 7.13. The zero-order valence-electron chi connectivity index (χ0n) is 16.3. The number of benzene rings is 3. The van der Waals surface area contributed by atoms with Crippen molar-refractivity contribution in [2.75, 3.05) is 13.2 Å². The van der Waals surface area contributed by atoms with Crippen LogP contribution in [0.4, 0.5) is 0 Å². The molecule has 3 nitrogen and oxygen atoms in total. The van der Waals surface area contributed by atoms with E-state index in [1.807, 2.05) is 0 Å². The fourth-order valence-corrected chi connectivity index (χ4v) is 3.53. The van der Waals surface area contributed by atoms with Gasteiger partial charge in [0.05, 0.1) is 5.52 Å². The highest BCUT2D eigenvalue weighted by Crippen LogP contribution is 2.27. The molecule has 0 atom stereocenters. The largest absolute Gasteiger partial charge is 0.492 e. The van der Waals surface area contributed by atoms with Crippen LogP contribution < -0.4 is 10.1 Å². The van der Waals surface area contributed by atoms with E-state index in [1.54, 1.807) is 0 Å². The molecule has 0 fully saturated rings. The summed E-state index contributed by atoms with van der Waals surface area (Å²) in [5, 5.41) is 4.62. The molecular weight excluding hydrogens is 344 g/mol. The molecule has 3 heteroatoms. The lowest BCUT2D eigenvalue weighted by Gasteiger charge is -2.10. The van der Waals surface area contributed by atoms with E-state index in [9.17, 15) is 0 Å². The van der Waals surface area contributed by atoms with Crippen LogP contribution in [-0.2, 0) is 13.1 Å². The molecule has 3 aromatic carbocycles. The smallest absolute Gasteiger partial charge is 0.128 e. The monoisotopic (exact) mass is 370 g/mol. The van der Waals surface area contributed by atoms with Gasteiger partial charge in [0.25, 0.3) is 0 Å². The fourth-order valence-electron chi connectivity index (χ4n) is 3.53. The quantitative estimate of drug-likeness (QED) is 0.433. The third-order valence-electron chi connectivity index (χ3n) is 4.92. The Morgan fingerprint density at radius 2 is 1.68 bits per heavy atom. The second kappa shape index (κ2) is 8.77. The van der Waals surface area contributed by atoms with E-state index >= 15 is 0 Å². The van der Waals surface area contributed by atoms with Gasteiger partial charge in [-0.1, -0.05) is 66.2 Å². The van der Waals surface area contributed by atoms with E-state index < -0.39 is 0 Å². The molecule has 0 aliphatic heterocycles. The summed E-state index contributed by atoms with van der Waals surface area (Å²) in [6.07, 6.45) is 2.14. The number of rotatable bonds is 8. The van der Waals surface area contributed by atoms with Crippen LogP contribution in [0, 0.1) is 6.92 Å². The predicted molar refractivity (Wildman–Crippen MR) is 116 cm³/mol. The van der Waals surface area contributed by atoms with E-state index in [2.05, 4.69) is 102 Å². The number of ether oxygens (including phenoxy) is 1. The fraction of sp³-hybridized carbons (Fsp3) is 0.200. The van der Waals surface area contributed by atoms with Crippen LogP contribution >= 0.6 is 0 Å². The van der Waals surface area contributed by atoms with Crippen molar-refractivity contribution in [1.82, 2.24) is 9.88 Å². The van der Waals surface area contributed by atoms with Crippen LogP contribution in [0.5, 0.6) is 5.75 Å². The highest BCUT2D eigenvalue weighted by molar-refractivity contribution is 5.86. The Kier molecular flexibility index (Phi) is 5.74. The highest BCUT2D eigenvalue weighted by atomic mass is 16.5. The minimum Gasteiger partial charge on any atom is -0.492 e. The molecule has 0 saturated carbocycles. The minimum absolute atomic E-state index is 0.648. The lowest BCUT2D eigenvalue weighted by molar-refractivity contribution is 0.317. The SMILES string of the molecule is Cc1cccc(CNCCOc2cccc3c2ccn3Cc2ccccc2)c1. The molecule has 142 valence electrons. The molecule has 0 amide bonds. The third-order valence-corrected chi connectivity index (χ3v) is 4.92. The first-order valence-electron chi connectivity index (χ1n) is 9.80. The molecule has 1 aromatic heterocycles. The van der Waals surface area contributed by atoms with Crippen molar-refractivity contribution >= 4 is 10.9 Å². The van der Waals surface area contributed by atoms with Crippen LogP contribution in [0.15, 0.2) is 85.1 Å². The van der Waals surface area contributed by atoms with E-state index in [1.165, 1.54) is 22.2 Å². The third kappa shape index (κ3) is 4.44. The van der Waals surface area contributed by atoms with Gasteiger partial charge in [0.15, 0.2) is 0 Å². The van der Waals surface area contributed by atoms with E-state index in [0.29, 0.717) is 6.61 Å². The number of nitrogens with zero attached hydrogens (tertiary/aromatic N) is 1. The molecule has 0 saturated heterocycles. The lowest BCUT2D eigenvalue weighted by atomic mass is 10.1. The topological polar surface area (TPSA) is 26.2 Å². The molecule has 0 unspecified atom stereocenters. The molecule has 1 N–H and O–H groups in total. The first kappa shape index (κ1) is 18.3. The van der Waals surface area contributed by atoms with Gasteiger partial charge in [0.1, 0.15) is 12.4 Å². The number of fused-ring (bicyclic) bond motifs is 1. The maximum atomic E-state index is 6.07. The number of aromatic nitrogens is 1. The maximum Gasteiger partial charge on any atom is 0.128 e. The molecular formula is C25H26N2O. The minimum atomic E-state index is 0.648. The van der Waals surface area contributed by atoms with Gasteiger partial charge in [0, 0.05) is 31.2 Å². The van der Waals surface area contributed by atoms with Gasteiger partial charge in [-0.05, 0) is 36.2 Å². The Morgan fingerprint density at radius 3 is 2.54 bits per heavy atom. The van der Waals surface area contributed by atoms with Crippen molar-refractivity contribution in [2.24, 2.45) is 0 Å². The molecule has 28 heavy (non-hydrogen) atoms. The van der Waals surface area contributed by atoms with Gasteiger partial charge < -0.3 is 14.6 Å². The van der Waals surface area contributed by atoms with Gasteiger partial charge in [-0.15, -0.1) is 0 Å². The number of hydrogen-bond acceptors (Lipinski definition) is 2. The summed E-state index contributed by atoms with van der Waals surface area (Å²) in [5.41, 5.74) is 5.10. The summed E-state index contributed by atoms with van der Waals surface area (Å²) in [6, 6.07) is 27.5. The Bertz CT molecular complexity index is 1040. The Morgan fingerprint density at radius 1 is 0.857 bits per heavy atom. The van der Waals surface area contributed by atoms with Gasteiger partial charge in [-0.25, -0.2) is 0 Å². The summed E-state index contributed by atoms with van der Waals surface area (Å²) >= 11 is 0. The van der Waals surface area contributed by atoms with Crippen molar-refractivity contribution in [3.05, 3.63) is 102 Å². The molecule has 1 heterocycles. The van der Waals surface area contributed by atoms with Crippen LogP contribution in [0.2, 0.25) is 0 Å². The van der Waals surface area contributed by atoms with Crippen LogP contribution in [-0.4, -0.2) is 17.7 Å². The Labute approximate surface area is 166 Å². The average molecular weight is 370 g/mol. The number of nitrogens with one attached hydrogen (secondary N) is 1. The highest BCUT2D eigenvalue weighted by Gasteiger charge is 2.07. The van der Waals surface area contributed by atoms with Gasteiger partial charge >= 0.3 is 0 Å². The summed E-state index contributed by atoms with van der Waals surface area (Å²) in [4.78, 5) is 0. The van der Waals surface area contributed by atoms with Gasteiger partial charge in [-0.2, -0.15) is 0 Å². The Balaban J connectivity index is 1.35. The van der Waals surface area contributed by atoms with Crippen molar-refractivity contribution in [3.8, 4) is 5.75 Å². The lowest BCUT2D eigenvalue weighted by Crippen LogP contribution is -2.20. The van der Waals surface area contributed by atoms with Crippen molar-refractivity contribution < 1.29 is 4.74 Å². The molecule has 0 radical (unpaired) electrons. The number of aryl methyl sites for hydroxylation is 1. The Hall–Kier alpha value is -3.04. The van der Waals surface area contributed by atoms with Crippen LogP contribution in [0.25, 0.3) is 10.9 Å². The van der Waals surface area contributed by atoms with E-state index in [-0.39, 0.29) is 0 Å². The van der Waals surface area contributed by atoms with E-state index in [0.717, 1.165) is 30.8 Å². The normalized spacial score (nSPS) is 11.0. The average Bonchev–Trinajstić information content (AvgIpc) is 3.12. The van der Waals surface area contributed by atoms with Crippen molar-refractivity contribution in [3.63, 3.8) is 0 Å². The molecule has 0 spiro atoms. The summed E-state index contributed by atoms with van der Waals surface area (Å²) in [6.45, 7) is 5.32. The molecule has 4 aromatic rings. The maximum absolute atomic E-state index is 6.07.